The minimum absolute atomic E-state index is 0.179. The third kappa shape index (κ3) is 1.40. The van der Waals surface area contributed by atoms with Crippen molar-refractivity contribution in [2.75, 3.05) is 0 Å². The fourth-order valence-corrected chi connectivity index (χ4v) is 5.49. The van der Waals surface area contributed by atoms with E-state index in [-0.39, 0.29) is 5.54 Å². The zero-order valence-electron chi connectivity index (χ0n) is 11.9. The monoisotopic (exact) mass is 233 g/mol. The summed E-state index contributed by atoms with van der Waals surface area (Å²) in [5.74, 6) is 4.60. The molecule has 1 heteroatoms. The van der Waals surface area contributed by atoms with E-state index in [9.17, 15) is 0 Å². The molecule has 3 aliphatic carbocycles. The van der Waals surface area contributed by atoms with Crippen molar-refractivity contribution in [2.24, 2.45) is 40.0 Å². The first-order valence-electron chi connectivity index (χ1n) is 7.39. The smallest absolute Gasteiger partial charge is 0.0604 e. The highest BCUT2D eigenvalue weighted by Gasteiger charge is 2.66. The largest absolute Gasteiger partial charge is 0.294 e. The standard InChI is InChI=1S/C16H27N/c1-10-6-7-11-13(10)14-12(15(14,2)3)8-9-16(11,4)17-5/h10-14H,5-9H2,1-4H3. The minimum atomic E-state index is 0.179. The van der Waals surface area contributed by atoms with Gasteiger partial charge in [-0.1, -0.05) is 27.2 Å². The first kappa shape index (κ1) is 11.7. The van der Waals surface area contributed by atoms with Crippen LogP contribution in [0, 0.1) is 35.0 Å². The van der Waals surface area contributed by atoms with Crippen LogP contribution in [0.5, 0.6) is 0 Å². The van der Waals surface area contributed by atoms with Gasteiger partial charge in [0, 0.05) is 0 Å². The summed E-state index contributed by atoms with van der Waals surface area (Å²) in [4.78, 5) is 4.57. The minimum Gasteiger partial charge on any atom is -0.294 e. The SMILES string of the molecule is C=NC1(C)CCC2C(C3C(C)CCC31)C2(C)C. The van der Waals surface area contributed by atoms with E-state index in [0.717, 1.165) is 29.6 Å². The fraction of sp³-hybridized carbons (Fsp3) is 0.938. The maximum atomic E-state index is 4.57. The Balaban J connectivity index is 1.96. The summed E-state index contributed by atoms with van der Waals surface area (Å²) in [6.45, 7) is 13.7. The van der Waals surface area contributed by atoms with E-state index >= 15 is 0 Å². The number of aliphatic imine (C=N–C) groups is 1. The van der Waals surface area contributed by atoms with Crippen molar-refractivity contribution in [3.63, 3.8) is 0 Å². The van der Waals surface area contributed by atoms with Gasteiger partial charge < -0.3 is 0 Å². The number of hydrogen-bond acceptors (Lipinski definition) is 1. The molecule has 0 saturated heterocycles. The van der Waals surface area contributed by atoms with E-state index in [1.165, 1.54) is 25.7 Å². The Hall–Kier alpha value is -0.330. The number of rotatable bonds is 1. The third-order valence-electron chi connectivity index (χ3n) is 6.73. The molecule has 17 heavy (non-hydrogen) atoms. The summed E-state index contributed by atoms with van der Waals surface area (Å²) in [6.07, 6.45) is 5.46. The Morgan fingerprint density at radius 1 is 1.06 bits per heavy atom. The van der Waals surface area contributed by atoms with Crippen LogP contribution in [-0.4, -0.2) is 12.3 Å². The van der Waals surface area contributed by atoms with Gasteiger partial charge in [-0.25, -0.2) is 0 Å². The quantitative estimate of drug-likeness (QED) is 0.603. The molecule has 0 amide bonds. The van der Waals surface area contributed by atoms with Crippen LogP contribution in [0.15, 0.2) is 4.99 Å². The Bertz CT molecular complexity index is 345. The van der Waals surface area contributed by atoms with Gasteiger partial charge in [-0.05, 0) is 67.9 Å². The molecule has 0 aromatic heterocycles. The second kappa shape index (κ2) is 3.36. The summed E-state index contributed by atoms with van der Waals surface area (Å²) in [6, 6.07) is 0. The predicted molar refractivity (Wildman–Crippen MR) is 73.3 cm³/mol. The average Bonchev–Trinajstić information content (AvgIpc) is 2.65. The lowest BCUT2D eigenvalue weighted by atomic mass is 9.73. The second-order valence-corrected chi connectivity index (χ2v) is 7.75. The van der Waals surface area contributed by atoms with Crippen molar-refractivity contribution in [1.29, 1.82) is 0 Å². The normalized spacial score (nSPS) is 55.6. The van der Waals surface area contributed by atoms with Crippen LogP contribution in [-0.2, 0) is 0 Å². The van der Waals surface area contributed by atoms with Gasteiger partial charge in [0.25, 0.3) is 0 Å². The van der Waals surface area contributed by atoms with Gasteiger partial charge in [-0.15, -0.1) is 0 Å². The van der Waals surface area contributed by atoms with Crippen LogP contribution < -0.4 is 0 Å². The first-order valence-corrected chi connectivity index (χ1v) is 7.39. The lowest BCUT2D eigenvalue weighted by Gasteiger charge is -2.36. The van der Waals surface area contributed by atoms with Crippen molar-refractivity contribution in [1.82, 2.24) is 0 Å². The van der Waals surface area contributed by atoms with Gasteiger partial charge >= 0.3 is 0 Å². The Morgan fingerprint density at radius 2 is 1.76 bits per heavy atom. The first-order chi connectivity index (χ1) is 7.92. The Labute approximate surface area is 106 Å². The van der Waals surface area contributed by atoms with E-state index in [2.05, 4.69) is 39.4 Å². The van der Waals surface area contributed by atoms with Gasteiger partial charge in [0.15, 0.2) is 0 Å². The van der Waals surface area contributed by atoms with Gasteiger partial charge in [0.2, 0.25) is 0 Å². The molecule has 3 fully saturated rings. The number of hydrogen-bond donors (Lipinski definition) is 0. The lowest BCUT2D eigenvalue weighted by molar-refractivity contribution is 0.176. The van der Waals surface area contributed by atoms with E-state index in [1.54, 1.807) is 0 Å². The number of fused-ring (bicyclic) bond motifs is 3. The molecule has 3 saturated carbocycles. The van der Waals surface area contributed by atoms with Crippen molar-refractivity contribution in [3.05, 3.63) is 0 Å². The van der Waals surface area contributed by atoms with Gasteiger partial charge in [0.1, 0.15) is 0 Å². The van der Waals surface area contributed by atoms with Crippen LogP contribution in [0.2, 0.25) is 0 Å². The van der Waals surface area contributed by atoms with E-state index in [4.69, 9.17) is 0 Å². The zero-order valence-corrected chi connectivity index (χ0v) is 11.9. The molecule has 0 spiro atoms. The molecule has 0 aromatic rings. The van der Waals surface area contributed by atoms with Crippen LogP contribution in [0.3, 0.4) is 0 Å². The highest BCUT2D eigenvalue weighted by atomic mass is 14.9. The highest BCUT2D eigenvalue weighted by Crippen LogP contribution is 2.71. The van der Waals surface area contributed by atoms with Gasteiger partial charge in [0.05, 0.1) is 5.54 Å². The van der Waals surface area contributed by atoms with E-state index in [1.807, 2.05) is 0 Å². The summed E-state index contributed by atoms with van der Waals surface area (Å²) in [5.41, 5.74) is 0.795. The van der Waals surface area contributed by atoms with Crippen LogP contribution >= 0.6 is 0 Å². The van der Waals surface area contributed by atoms with Gasteiger partial charge in [-0.3, -0.25) is 4.99 Å². The molecule has 0 heterocycles. The van der Waals surface area contributed by atoms with E-state index < -0.39 is 0 Å². The molecule has 1 nitrogen and oxygen atoms in total. The summed E-state index contributed by atoms with van der Waals surface area (Å²) in [7, 11) is 0. The summed E-state index contributed by atoms with van der Waals surface area (Å²) < 4.78 is 0. The van der Waals surface area contributed by atoms with Crippen LogP contribution in [0.1, 0.15) is 53.4 Å². The molecule has 96 valence electrons. The van der Waals surface area contributed by atoms with Crippen LogP contribution in [0.4, 0.5) is 0 Å². The van der Waals surface area contributed by atoms with Crippen molar-refractivity contribution in [2.45, 2.75) is 58.9 Å². The highest BCUT2D eigenvalue weighted by molar-refractivity contribution is 5.28. The molecular formula is C16H27N. The molecule has 0 N–H and O–H groups in total. The molecule has 0 radical (unpaired) electrons. The molecule has 0 aromatic carbocycles. The lowest BCUT2D eigenvalue weighted by Crippen LogP contribution is -2.36. The fourth-order valence-electron chi connectivity index (χ4n) is 5.49. The summed E-state index contributed by atoms with van der Waals surface area (Å²) in [5, 5.41) is 0. The zero-order chi connectivity index (χ0) is 12.4. The molecule has 3 rings (SSSR count). The molecule has 6 unspecified atom stereocenters. The van der Waals surface area contributed by atoms with Crippen LogP contribution in [0.25, 0.3) is 0 Å². The van der Waals surface area contributed by atoms with Crippen molar-refractivity contribution in [3.8, 4) is 0 Å². The Kier molecular flexibility index (Phi) is 2.32. The maximum Gasteiger partial charge on any atom is 0.0604 e. The second-order valence-electron chi connectivity index (χ2n) is 7.75. The molecule has 6 atom stereocenters. The average molecular weight is 233 g/mol. The third-order valence-corrected chi connectivity index (χ3v) is 6.73. The van der Waals surface area contributed by atoms with E-state index in [0.29, 0.717) is 5.41 Å². The Morgan fingerprint density at radius 3 is 2.41 bits per heavy atom. The molecular weight excluding hydrogens is 206 g/mol. The maximum absolute atomic E-state index is 4.57. The molecule has 3 aliphatic rings. The molecule has 0 bridgehead atoms. The van der Waals surface area contributed by atoms with Crippen molar-refractivity contribution >= 4 is 6.72 Å². The number of nitrogens with zero attached hydrogens (tertiary/aromatic N) is 1. The van der Waals surface area contributed by atoms with Crippen molar-refractivity contribution < 1.29 is 0 Å². The molecule has 0 aliphatic heterocycles. The summed E-state index contributed by atoms with van der Waals surface area (Å²) >= 11 is 0. The predicted octanol–water partition coefficient (Wildman–Crippen LogP) is 4.17. The topological polar surface area (TPSA) is 12.4 Å². The van der Waals surface area contributed by atoms with Gasteiger partial charge in [-0.2, -0.15) is 0 Å².